The highest BCUT2D eigenvalue weighted by molar-refractivity contribution is 7.89. The van der Waals surface area contributed by atoms with E-state index < -0.39 is 10.0 Å². The summed E-state index contributed by atoms with van der Waals surface area (Å²) in [5, 5.41) is 10.5. The first-order valence-corrected chi connectivity index (χ1v) is 10.5. The maximum Gasteiger partial charge on any atom is 0.246 e. The number of nitrogens with zero attached hydrogens (tertiary/aromatic N) is 2. The topological polar surface area (TPSA) is 88.4 Å². The highest BCUT2D eigenvalue weighted by Crippen LogP contribution is 2.33. The van der Waals surface area contributed by atoms with Gasteiger partial charge in [-0.3, -0.25) is 4.99 Å². The lowest BCUT2D eigenvalue weighted by Crippen LogP contribution is -2.40. The molecule has 0 amide bonds. The zero-order chi connectivity index (χ0) is 20.3. The monoisotopic (exact) mass is 444 g/mol. The zero-order valence-corrected chi connectivity index (χ0v) is 17.3. The molecule has 0 spiro atoms. The van der Waals surface area contributed by atoms with Crippen LogP contribution in [0.4, 0.5) is 5.69 Å². The van der Waals surface area contributed by atoms with Crippen molar-refractivity contribution in [2.75, 3.05) is 33.4 Å². The normalized spacial score (nSPS) is 15.8. The van der Waals surface area contributed by atoms with Gasteiger partial charge in [-0.1, -0.05) is 23.2 Å². The molecule has 1 heterocycles. The van der Waals surface area contributed by atoms with Crippen molar-refractivity contribution in [1.29, 1.82) is 0 Å². The summed E-state index contributed by atoms with van der Waals surface area (Å²) in [6.07, 6.45) is 1.36. The van der Waals surface area contributed by atoms with E-state index >= 15 is 0 Å². The second-order valence-corrected chi connectivity index (χ2v) is 8.69. The highest BCUT2D eigenvalue weighted by Gasteiger charge is 2.29. The molecule has 1 N–H and O–H groups in total. The van der Waals surface area contributed by atoms with Crippen LogP contribution >= 0.6 is 23.2 Å². The second kappa shape index (κ2) is 8.67. The molecule has 0 aliphatic carbocycles. The number of ether oxygens (including phenoxy) is 2. The first-order chi connectivity index (χ1) is 13.3. The third-order valence-electron chi connectivity index (χ3n) is 4.15. The molecule has 3 rings (SSSR count). The number of rotatable bonds is 5. The minimum Gasteiger partial charge on any atom is -0.506 e. The molecule has 1 aliphatic rings. The lowest BCUT2D eigenvalue weighted by Gasteiger charge is -2.26. The molecule has 28 heavy (non-hydrogen) atoms. The fraction of sp³-hybridized carbons (Fsp3) is 0.278. The average molecular weight is 445 g/mol. The van der Waals surface area contributed by atoms with Crippen molar-refractivity contribution < 1.29 is 23.0 Å². The van der Waals surface area contributed by atoms with Gasteiger partial charge in [0.25, 0.3) is 0 Å². The number of morpholine rings is 1. The number of aromatic hydroxyl groups is 1. The van der Waals surface area contributed by atoms with E-state index in [1.54, 1.807) is 6.07 Å². The minimum absolute atomic E-state index is 0.0138. The standard InChI is InChI=1S/C18H18Cl2N2O5S/c1-26-16-3-2-14(21-11-12-8-13(19)9-15(20)18(12)23)10-17(16)28(24,25)22-4-6-27-7-5-22/h2-3,8-11,23H,4-7H2,1H3. The summed E-state index contributed by atoms with van der Waals surface area (Å²) in [7, 11) is -2.36. The van der Waals surface area contributed by atoms with E-state index in [1.807, 2.05) is 0 Å². The van der Waals surface area contributed by atoms with Gasteiger partial charge in [0.05, 0.1) is 31.0 Å². The molecule has 7 nitrogen and oxygen atoms in total. The van der Waals surface area contributed by atoms with Gasteiger partial charge in [-0.15, -0.1) is 0 Å². The summed E-state index contributed by atoms with van der Waals surface area (Å²) in [6.45, 7) is 1.23. The minimum atomic E-state index is -3.77. The molecule has 150 valence electrons. The Bertz CT molecular complexity index is 1010. The molecule has 1 saturated heterocycles. The summed E-state index contributed by atoms with van der Waals surface area (Å²) in [5.41, 5.74) is 0.675. The van der Waals surface area contributed by atoms with Crippen LogP contribution in [0.1, 0.15) is 5.56 Å². The van der Waals surface area contributed by atoms with Crippen molar-refractivity contribution in [3.63, 3.8) is 0 Å². The summed E-state index contributed by atoms with van der Waals surface area (Å²) in [6, 6.07) is 7.47. The number of phenols is 1. The number of hydrogen-bond donors (Lipinski definition) is 1. The van der Waals surface area contributed by atoms with E-state index in [9.17, 15) is 13.5 Å². The number of halogens is 2. The van der Waals surface area contributed by atoms with Crippen molar-refractivity contribution in [3.05, 3.63) is 45.9 Å². The molecule has 0 saturated carbocycles. The van der Waals surface area contributed by atoms with Gasteiger partial charge < -0.3 is 14.6 Å². The van der Waals surface area contributed by atoms with Crippen molar-refractivity contribution in [1.82, 2.24) is 4.31 Å². The Morgan fingerprint density at radius 3 is 2.61 bits per heavy atom. The quantitative estimate of drug-likeness (QED) is 0.712. The van der Waals surface area contributed by atoms with Gasteiger partial charge in [0.1, 0.15) is 16.4 Å². The van der Waals surface area contributed by atoms with E-state index in [2.05, 4.69) is 4.99 Å². The van der Waals surface area contributed by atoms with Crippen molar-refractivity contribution in [3.8, 4) is 11.5 Å². The molecule has 0 radical (unpaired) electrons. The number of phenolic OH excluding ortho intramolecular Hbond substituents is 1. The second-order valence-electron chi connectivity index (χ2n) is 5.94. The average Bonchev–Trinajstić information content (AvgIpc) is 2.70. The van der Waals surface area contributed by atoms with Crippen LogP contribution < -0.4 is 4.74 Å². The molecule has 10 heteroatoms. The molecule has 1 aliphatic heterocycles. The smallest absolute Gasteiger partial charge is 0.246 e. The number of sulfonamides is 1. The van der Waals surface area contributed by atoms with Gasteiger partial charge in [-0.2, -0.15) is 4.31 Å². The third-order valence-corrected chi connectivity index (χ3v) is 6.57. The van der Waals surface area contributed by atoms with Gasteiger partial charge in [0.2, 0.25) is 10.0 Å². The fourth-order valence-corrected chi connectivity index (χ4v) is 4.79. The van der Waals surface area contributed by atoms with E-state index in [4.69, 9.17) is 32.7 Å². The molecule has 1 fully saturated rings. The van der Waals surface area contributed by atoms with Crippen LogP contribution in [0.5, 0.6) is 11.5 Å². The first kappa shape index (κ1) is 20.9. The molecule has 2 aromatic carbocycles. The summed E-state index contributed by atoms with van der Waals surface area (Å²) in [5.74, 6) is 0.0589. The molecular weight excluding hydrogens is 427 g/mol. The molecule has 0 bridgehead atoms. The van der Waals surface area contributed by atoms with E-state index in [1.165, 1.54) is 41.9 Å². The maximum atomic E-state index is 13.0. The molecule has 0 unspecified atom stereocenters. The Morgan fingerprint density at radius 2 is 1.93 bits per heavy atom. The number of hydrogen-bond acceptors (Lipinski definition) is 6. The number of benzene rings is 2. The highest BCUT2D eigenvalue weighted by atomic mass is 35.5. The van der Waals surface area contributed by atoms with Gasteiger partial charge in [0, 0.05) is 29.9 Å². The van der Waals surface area contributed by atoms with Crippen LogP contribution in [0.15, 0.2) is 40.2 Å². The van der Waals surface area contributed by atoms with E-state index in [0.717, 1.165) is 0 Å². The molecule has 0 atom stereocenters. The number of aliphatic imine (C=N–C) groups is 1. The Balaban J connectivity index is 1.97. The van der Waals surface area contributed by atoms with Crippen LogP contribution in [0, 0.1) is 0 Å². The van der Waals surface area contributed by atoms with Gasteiger partial charge >= 0.3 is 0 Å². The van der Waals surface area contributed by atoms with Gasteiger partial charge in [-0.25, -0.2) is 8.42 Å². The van der Waals surface area contributed by atoms with Crippen molar-refractivity contribution in [2.24, 2.45) is 4.99 Å². The molecule has 2 aromatic rings. The first-order valence-electron chi connectivity index (χ1n) is 8.31. The Labute approximate surface area is 173 Å². The zero-order valence-electron chi connectivity index (χ0n) is 14.9. The molecule has 0 aromatic heterocycles. The fourth-order valence-electron chi connectivity index (χ4n) is 2.70. The van der Waals surface area contributed by atoms with Crippen LogP contribution in [0.2, 0.25) is 10.0 Å². The van der Waals surface area contributed by atoms with Crippen molar-refractivity contribution in [2.45, 2.75) is 4.90 Å². The van der Waals surface area contributed by atoms with E-state index in [-0.39, 0.29) is 34.5 Å². The Kier molecular flexibility index (Phi) is 6.47. The summed E-state index contributed by atoms with van der Waals surface area (Å²) >= 11 is 11.8. The Morgan fingerprint density at radius 1 is 1.21 bits per heavy atom. The summed E-state index contributed by atoms with van der Waals surface area (Å²) < 4.78 is 37.8. The lowest BCUT2D eigenvalue weighted by atomic mass is 10.2. The van der Waals surface area contributed by atoms with Gasteiger partial charge in [0.15, 0.2) is 0 Å². The predicted molar refractivity (Wildman–Crippen MR) is 108 cm³/mol. The van der Waals surface area contributed by atoms with Gasteiger partial charge in [-0.05, 0) is 30.3 Å². The van der Waals surface area contributed by atoms with Crippen molar-refractivity contribution >= 4 is 45.1 Å². The van der Waals surface area contributed by atoms with Crippen LogP contribution in [0.25, 0.3) is 0 Å². The largest absolute Gasteiger partial charge is 0.506 e. The Hall–Kier alpha value is -1.84. The third kappa shape index (κ3) is 4.42. The SMILES string of the molecule is COc1ccc(N=Cc2cc(Cl)cc(Cl)c2O)cc1S(=O)(=O)N1CCOCC1. The maximum absolute atomic E-state index is 13.0. The number of methoxy groups -OCH3 is 1. The van der Waals surface area contributed by atoms with Crippen LogP contribution in [-0.2, 0) is 14.8 Å². The summed E-state index contributed by atoms with van der Waals surface area (Å²) in [4.78, 5) is 4.26. The molecular formula is C18H18Cl2N2O5S. The van der Waals surface area contributed by atoms with Crippen LogP contribution in [-0.4, -0.2) is 57.5 Å². The predicted octanol–water partition coefficient (Wildman–Crippen LogP) is 3.48. The van der Waals surface area contributed by atoms with Crippen LogP contribution in [0.3, 0.4) is 0 Å². The van der Waals surface area contributed by atoms with E-state index in [0.29, 0.717) is 29.5 Å². The lowest BCUT2D eigenvalue weighted by molar-refractivity contribution is 0.0729.